The molecule has 5 heteroatoms. The first-order valence-electron chi connectivity index (χ1n) is 7.78. The molecule has 2 heterocycles. The van der Waals surface area contributed by atoms with Crippen molar-refractivity contribution in [2.45, 2.75) is 37.8 Å². The molecule has 0 aromatic carbocycles. The number of carbonyl (C=O) groups excluding carboxylic acids is 1. The van der Waals surface area contributed by atoms with Crippen molar-refractivity contribution in [3.05, 3.63) is 0 Å². The number of likely N-dealkylation sites (N-methyl/N-ethyl adjacent to an activating group) is 1. The maximum Gasteiger partial charge on any atom is 0.260 e. The number of likely N-dealkylation sites (tertiary alicyclic amines) is 1. The van der Waals surface area contributed by atoms with Crippen LogP contribution in [0.15, 0.2) is 0 Å². The molecule has 114 valence electrons. The first kappa shape index (κ1) is 14.3. The second-order valence-electron chi connectivity index (χ2n) is 6.90. The molecule has 0 atom stereocenters. The molecule has 0 unspecified atom stereocenters. The van der Waals surface area contributed by atoms with Gasteiger partial charge in [-0.25, -0.2) is 4.39 Å². The summed E-state index contributed by atoms with van der Waals surface area (Å²) in [5.41, 5.74) is -1.38. The maximum atomic E-state index is 14.2. The van der Waals surface area contributed by atoms with Crippen LogP contribution in [0.25, 0.3) is 0 Å². The van der Waals surface area contributed by atoms with Gasteiger partial charge in [0, 0.05) is 31.6 Å². The average Bonchev–Trinajstić information content (AvgIpc) is 2.58. The molecule has 0 N–H and O–H groups in total. The number of rotatable bonds is 1. The van der Waals surface area contributed by atoms with E-state index in [1.165, 1.54) is 0 Å². The number of nitrogens with zero attached hydrogens (tertiary/aromatic N) is 2. The van der Waals surface area contributed by atoms with Gasteiger partial charge >= 0.3 is 0 Å². The van der Waals surface area contributed by atoms with E-state index in [1.807, 2.05) is 0 Å². The predicted octanol–water partition coefficient (Wildman–Crippen LogP) is 1.45. The molecule has 1 saturated carbocycles. The number of hydrogen-bond acceptors (Lipinski definition) is 3. The highest BCUT2D eigenvalue weighted by atomic mass is 19.1. The molecule has 20 heavy (non-hydrogen) atoms. The Morgan fingerprint density at radius 3 is 2.45 bits per heavy atom. The first-order chi connectivity index (χ1) is 9.53. The largest absolute Gasteiger partial charge is 0.379 e. The van der Waals surface area contributed by atoms with Crippen LogP contribution in [0.1, 0.15) is 32.1 Å². The Bertz CT molecular complexity index is 376. The molecule has 1 spiro atoms. The van der Waals surface area contributed by atoms with E-state index in [9.17, 15) is 9.18 Å². The smallest absolute Gasteiger partial charge is 0.260 e. The van der Waals surface area contributed by atoms with Gasteiger partial charge in [-0.05, 0) is 39.2 Å². The maximum absolute atomic E-state index is 14.2. The van der Waals surface area contributed by atoms with E-state index in [1.54, 1.807) is 4.90 Å². The summed E-state index contributed by atoms with van der Waals surface area (Å²) in [5.74, 6) is -0.263. The highest BCUT2D eigenvalue weighted by molar-refractivity contribution is 5.86. The van der Waals surface area contributed by atoms with Gasteiger partial charge in [0.05, 0.1) is 13.2 Å². The minimum absolute atomic E-state index is 0.158. The molecule has 3 rings (SSSR count). The number of piperidine rings is 1. The summed E-state index contributed by atoms with van der Waals surface area (Å²) in [5, 5.41) is 0. The van der Waals surface area contributed by atoms with Gasteiger partial charge in [-0.15, -0.1) is 0 Å². The van der Waals surface area contributed by atoms with Crippen molar-refractivity contribution in [2.75, 3.05) is 46.4 Å². The molecule has 0 radical (unpaired) electrons. The van der Waals surface area contributed by atoms with E-state index < -0.39 is 5.67 Å². The fourth-order valence-electron chi connectivity index (χ4n) is 3.68. The normalized spacial score (nSPS) is 29.8. The standard InChI is InChI=1S/C15H25FN2O2/c1-17-9-10-20-12-14(11-17)5-7-18(8-6-14)13(19)15(16)3-2-4-15/h2-12H2,1H3. The SMILES string of the molecule is CN1CCOCC2(CCN(C(=O)C3(F)CCC3)CC2)C1. The zero-order valence-corrected chi connectivity index (χ0v) is 12.4. The van der Waals surface area contributed by atoms with E-state index in [0.717, 1.165) is 45.6 Å². The minimum Gasteiger partial charge on any atom is -0.379 e. The summed E-state index contributed by atoms with van der Waals surface area (Å²) >= 11 is 0. The van der Waals surface area contributed by atoms with E-state index in [-0.39, 0.29) is 11.3 Å². The van der Waals surface area contributed by atoms with E-state index in [0.29, 0.717) is 25.9 Å². The zero-order chi connectivity index (χ0) is 14.2. The second-order valence-corrected chi connectivity index (χ2v) is 6.90. The lowest BCUT2D eigenvalue weighted by molar-refractivity contribution is -0.153. The van der Waals surface area contributed by atoms with Crippen molar-refractivity contribution < 1.29 is 13.9 Å². The van der Waals surface area contributed by atoms with Crippen LogP contribution in [0.5, 0.6) is 0 Å². The molecule has 0 bridgehead atoms. The molecule has 2 aliphatic heterocycles. The Labute approximate surface area is 120 Å². The fourth-order valence-corrected chi connectivity index (χ4v) is 3.68. The van der Waals surface area contributed by atoms with Crippen molar-refractivity contribution in [3.8, 4) is 0 Å². The Morgan fingerprint density at radius 2 is 1.85 bits per heavy atom. The van der Waals surface area contributed by atoms with Crippen LogP contribution >= 0.6 is 0 Å². The van der Waals surface area contributed by atoms with Crippen molar-refractivity contribution in [1.82, 2.24) is 9.80 Å². The van der Waals surface area contributed by atoms with Crippen LogP contribution < -0.4 is 0 Å². The van der Waals surface area contributed by atoms with E-state index >= 15 is 0 Å². The summed E-state index contributed by atoms with van der Waals surface area (Å²) < 4.78 is 20.0. The second kappa shape index (κ2) is 5.26. The monoisotopic (exact) mass is 284 g/mol. The lowest BCUT2D eigenvalue weighted by Crippen LogP contribution is -2.55. The Kier molecular flexibility index (Phi) is 3.75. The van der Waals surface area contributed by atoms with Crippen molar-refractivity contribution in [3.63, 3.8) is 0 Å². The summed E-state index contributed by atoms with van der Waals surface area (Å²) in [4.78, 5) is 16.3. The van der Waals surface area contributed by atoms with Crippen LogP contribution in [0.3, 0.4) is 0 Å². The fraction of sp³-hybridized carbons (Fsp3) is 0.933. The molecule has 4 nitrogen and oxygen atoms in total. The van der Waals surface area contributed by atoms with Gasteiger partial charge in [0.1, 0.15) is 0 Å². The number of ether oxygens (including phenoxy) is 1. The Morgan fingerprint density at radius 1 is 1.15 bits per heavy atom. The van der Waals surface area contributed by atoms with Gasteiger partial charge in [-0.1, -0.05) is 0 Å². The zero-order valence-electron chi connectivity index (χ0n) is 12.4. The molecule has 1 amide bonds. The summed E-state index contributed by atoms with van der Waals surface area (Å²) in [6, 6.07) is 0. The molecular weight excluding hydrogens is 259 g/mol. The highest BCUT2D eigenvalue weighted by Crippen LogP contribution is 2.40. The lowest BCUT2D eigenvalue weighted by atomic mass is 9.76. The first-order valence-corrected chi connectivity index (χ1v) is 7.78. The third-order valence-electron chi connectivity index (χ3n) is 5.27. The van der Waals surface area contributed by atoms with Gasteiger partial charge < -0.3 is 14.5 Å². The van der Waals surface area contributed by atoms with Gasteiger partial charge in [0.2, 0.25) is 0 Å². The molecular formula is C15H25FN2O2. The summed E-state index contributed by atoms with van der Waals surface area (Å²) in [6.07, 6.45) is 3.54. The Balaban J connectivity index is 1.59. The lowest BCUT2D eigenvalue weighted by Gasteiger charge is -2.45. The average molecular weight is 284 g/mol. The molecule has 1 aliphatic carbocycles. The third kappa shape index (κ3) is 2.58. The van der Waals surface area contributed by atoms with Gasteiger partial charge in [-0.3, -0.25) is 4.79 Å². The predicted molar refractivity (Wildman–Crippen MR) is 74.3 cm³/mol. The van der Waals surface area contributed by atoms with Crippen LogP contribution in [-0.4, -0.2) is 67.8 Å². The number of hydrogen-bond donors (Lipinski definition) is 0. The van der Waals surface area contributed by atoms with Crippen molar-refractivity contribution in [1.29, 1.82) is 0 Å². The van der Waals surface area contributed by atoms with Crippen molar-refractivity contribution >= 4 is 5.91 Å². The van der Waals surface area contributed by atoms with Gasteiger partial charge in [0.25, 0.3) is 5.91 Å². The quantitative estimate of drug-likeness (QED) is 0.730. The van der Waals surface area contributed by atoms with Crippen LogP contribution in [0.4, 0.5) is 4.39 Å². The topological polar surface area (TPSA) is 32.8 Å². The van der Waals surface area contributed by atoms with Gasteiger partial charge in [0.15, 0.2) is 5.67 Å². The van der Waals surface area contributed by atoms with E-state index in [4.69, 9.17) is 4.74 Å². The Hall–Kier alpha value is -0.680. The number of alkyl halides is 1. The van der Waals surface area contributed by atoms with Gasteiger partial charge in [-0.2, -0.15) is 0 Å². The van der Waals surface area contributed by atoms with Crippen molar-refractivity contribution in [2.24, 2.45) is 5.41 Å². The minimum atomic E-state index is -1.54. The summed E-state index contributed by atoms with van der Waals surface area (Å²) in [7, 11) is 2.12. The van der Waals surface area contributed by atoms with Crippen LogP contribution in [-0.2, 0) is 9.53 Å². The summed E-state index contributed by atoms with van der Waals surface area (Å²) in [6.45, 7) is 4.92. The molecule has 0 aromatic rings. The van der Waals surface area contributed by atoms with E-state index in [2.05, 4.69) is 11.9 Å². The number of carbonyl (C=O) groups is 1. The van der Waals surface area contributed by atoms with Crippen LogP contribution in [0.2, 0.25) is 0 Å². The molecule has 0 aromatic heterocycles. The molecule has 3 fully saturated rings. The third-order valence-corrected chi connectivity index (χ3v) is 5.27. The van der Waals surface area contributed by atoms with Crippen LogP contribution in [0, 0.1) is 5.41 Å². The molecule has 3 aliphatic rings. The number of amides is 1. The highest BCUT2D eigenvalue weighted by Gasteiger charge is 2.48. The number of halogens is 1. The molecule has 2 saturated heterocycles.